The molecule has 0 radical (unpaired) electrons. The second-order valence-electron chi connectivity index (χ2n) is 5.15. The second kappa shape index (κ2) is 6.20. The minimum absolute atomic E-state index is 0.206. The fraction of sp³-hybridized carbons (Fsp3) is 0.786. The summed E-state index contributed by atoms with van der Waals surface area (Å²) >= 11 is 0. The van der Waals surface area contributed by atoms with E-state index in [2.05, 4.69) is 17.2 Å². The van der Waals surface area contributed by atoms with Crippen LogP contribution in [0.15, 0.2) is 10.6 Å². The smallest absolute Gasteiger partial charge is 0.211 e. The second-order valence-corrected chi connectivity index (χ2v) is 5.15. The van der Waals surface area contributed by atoms with Gasteiger partial charge in [-0.05, 0) is 26.8 Å². The van der Waals surface area contributed by atoms with Gasteiger partial charge in [0.25, 0.3) is 0 Å². The summed E-state index contributed by atoms with van der Waals surface area (Å²) in [4.78, 5) is 4.39. The average Bonchev–Trinajstić information content (AvgIpc) is 2.77. The molecule has 1 atom stereocenters. The monoisotopic (exact) mass is 236 g/mol. The average molecular weight is 236 g/mol. The maximum atomic E-state index is 5.90. The molecule has 17 heavy (non-hydrogen) atoms. The Kier molecular flexibility index (Phi) is 4.60. The number of nitrogens with one attached hydrogen (secondary N) is 1. The lowest BCUT2D eigenvalue weighted by Crippen LogP contribution is -2.12. The fourth-order valence-corrected chi connectivity index (χ4v) is 2.55. The molecule has 1 heterocycles. The van der Waals surface area contributed by atoms with Gasteiger partial charge in [0, 0.05) is 5.92 Å². The number of hydrogen-bond acceptors (Lipinski definition) is 3. The van der Waals surface area contributed by atoms with Gasteiger partial charge in [0.1, 0.15) is 5.76 Å². The Hall–Kier alpha value is -0.830. The van der Waals surface area contributed by atoms with Crippen LogP contribution in [0, 0.1) is 0 Å². The van der Waals surface area contributed by atoms with Crippen LogP contribution < -0.4 is 5.32 Å². The molecular weight excluding hydrogens is 212 g/mol. The maximum Gasteiger partial charge on any atom is 0.211 e. The van der Waals surface area contributed by atoms with Crippen LogP contribution in [0.25, 0.3) is 0 Å². The van der Waals surface area contributed by atoms with Gasteiger partial charge in [-0.2, -0.15) is 0 Å². The van der Waals surface area contributed by atoms with Crippen LogP contribution in [0.1, 0.15) is 75.5 Å². The van der Waals surface area contributed by atoms with E-state index in [-0.39, 0.29) is 6.04 Å². The van der Waals surface area contributed by atoms with Crippen molar-refractivity contribution in [1.82, 2.24) is 10.3 Å². The Labute approximate surface area is 104 Å². The molecule has 1 aliphatic carbocycles. The van der Waals surface area contributed by atoms with E-state index in [1.165, 1.54) is 44.9 Å². The first-order valence-corrected chi connectivity index (χ1v) is 6.94. The summed E-state index contributed by atoms with van der Waals surface area (Å²) in [5, 5.41) is 3.16. The van der Waals surface area contributed by atoms with Crippen molar-refractivity contribution in [1.29, 1.82) is 0 Å². The lowest BCUT2D eigenvalue weighted by molar-refractivity contribution is 0.354. The Balaban J connectivity index is 2.01. The number of hydrogen-bond donors (Lipinski definition) is 1. The lowest BCUT2D eigenvalue weighted by atomic mass is 9.90. The molecule has 2 rings (SSSR count). The Bertz CT molecular complexity index is 327. The summed E-state index contributed by atoms with van der Waals surface area (Å²) in [5.74, 6) is 2.52. The number of nitrogens with zero attached hydrogens (tertiary/aromatic N) is 1. The van der Waals surface area contributed by atoms with Gasteiger partial charge in [-0.1, -0.05) is 32.1 Å². The number of oxazole rings is 1. The molecule has 3 heteroatoms. The van der Waals surface area contributed by atoms with Crippen molar-refractivity contribution in [2.75, 3.05) is 7.05 Å². The quantitative estimate of drug-likeness (QED) is 0.867. The molecule has 1 aromatic rings. The van der Waals surface area contributed by atoms with E-state index in [9.17, 15) is 0 Å². The molecule has 0 spiro atoms. The van der Waals surface area contributed by atoms with Crippen molar-refractivity contribution < 1.29 is 4.42 Å². The van der Waals surface area contributed by atoms with Crippen molar-refractivity contribution in [3.63, 3.8) is 0 Å². The molecule has 96 valence electrons. The van der Waals surface area contributed by atoms with Crippen molar-refractivity contribution in [2.24, 2.45) is 0 Å². The molecule has 0 amide bonds. The summed E-state index contributed by atoms with van der Waals surface area (Å²) in [5.41, 5.74) is 0. The molecule has 1 aliphatic rings. The summed E-state index contributed by atoms with van der Waals surface area (Å²) in [6, 6.07) is 0.206. The number of aromatic nitrogens is 1. The van der Waals surface area contributed by atoms with Gasteiger partial charge in [-0.15, -0.1) is 0 Å². The molecule has 1 unspecified atom stereocenters. The van der Waals surface area contributed by atoms with Crippen LogP contribution >= 0.6 is 0 Å². The van der Waals surface area contributed by atoms with Crippen molar-refractivity contribution in [3.8, 4) is 0 Å². The van der Waals surface area contributed by atoms with Crippen molar-refractivity contribution >= 4 is 0 Å². The fourth-order valence-electron chi connectivity index (χ4n) is 2.55. The predicted molar refractivity (Wildman–Crippen MR) is 69.0 cm³/mol. The SMILES string of the molecule is CNC(C)c1ncc(C2CCCCCCC2)o1. The first kappa shape index (κ1) is 12.6. The van der Waals surface area contributed by atoms with Crippen molar-refractivity contribution in [3.05, 3.63) is 17.8 Å². The summed E-state index contributed by atoms with van der Waals surface area (Å²) in [6.45, 7) is 2.08. The van der Waals surface area contributed by atoms with Crippen LogP contribution in [0.3, 0.4) is 0 Å². The molecule has 0 bridgehead atoms. The summed E-state index contributed by atoms with van der Waals surface area (Å²) < 4.78 is 5.90. The van der Waals surface area contributed by atoms with Gasteiger partial charge in [-0.25, -0.2) is 4.98 Å². The summed E-state index contributed by atoms with van der Waals surface area (Å²) in [6.07, 6.45) is 11.3. The third-order valence-electron chi connectivity index (χ3n) is 3.85. The van der Waals surface area contributed by atoms with Gasteiger partial charge in [0.2, 0.25) is 5.89 Å². The first-order valence-electron chi connectivity index (χ1n) is 6.94. The Morgan fingerprint density at radius 2 is 1.88 bits per heavy atom. The minimum atomic E-state index is 0.206. The zero-order valence-electron chi connectivity index (χ0n) is 11.0. The highest BCUT2D eigenvalue weighted by Crippen LogP contribution is 2.31. The standard InChI is InChI=1S/C14H24N2O/c1-11(15-2)14-16-10-13(17-14)12-8-6-4-3-5-7-9-12/h10-12,15H,3-9H2,1-2H3. The van der Waals surface area contributed by atoms with Gasteiger partial charge >= 0.3 is 0 Å². The highest BCUT2D eigenvalue weighted by atomic mass is 16.4. The van der Waals surface area contributed by atoms with E-state index in [0.717, 1.165) is 11.7 Å². The molecule has 1 N–H and O–H groups in total. The van der Waals surface area contributed by atoms with Crippen LogP contribution in [-0.2, 0) is 0 Å². The molecule has 1 fully saturated rings. The van der Waals surface area contributed by atoms with Crippen LogP contribution in [0.2, 0.25) is 0 Å². The maximum absolute atomic E-state index is 5.90. The highest BCUT2D eigenvalue weighted by molar-refractivity contribution is 5.04. The third-order valence-corrected chi connectivity index (χ3v) is 3.85. The molecule has 1 saturated carbocycles. The largest absolute Gasteiger partial charge is 0.444 e. The van der Waals surface area contributed by atoms with Gasteiger partial charge < -0.3 is 9.73 Å². The predicted octanol–water partition coefficient (Wildman–Crippen LogP) is 3.78. The van der Waals surface area contributed by atoms with Crippen LogP contribution in [-0.4, -0.2) is 12.0 Å². The van der Waals surface area contributed by atoms with Crippen LogP contribution in [0.5, 0.6) is 0 Å². The molecular formula is C14H24N2O. The van der Waals surface area contributed by atoms with E-state index in [1.54, 1.807) is 0 Å². The Morgan fingerprint density at radius 1 is 1.24 bits per heavy atom. The van der Waals surface area contributed by atoms with Gasteiger partial charge in [0.15, 0.2) is 0 Å². The lowest BCUT2D eigenvalue weighted by Gasteiger charge is -2.17. The Morgan fingerprint density at radius 3 is 2.53 bits per heavy atom. The molecule has 0 saturated heterocycles. The van der Waals surface area contributed by atoms with E-state index < -0.39 is 0 Å². The molecule has 0 aliphatic heterocycles. The van der Waals surface area contributed by atoms with Crippen LogP contribution in [0.4, 0.5) is 0 Å². The molecule has 3 nitrogen and oxygen atoms in total. The highest BCUT2D eigenvalue weighted by Gasteiger charge is 2.19. The van der Waals surface area contributed by atoms with Gasteiger partial charge in [-0.3, -0.25) is 0 Å². The van der Waals surface area contributed by atoms with Crippen molar-refractivity contribution in [2.45, 2.75) is 63.8 Å². The third kappa shape index (κ3) is 3.32. The van der Waals surface area contributed by atoms with Gasteiger partial charge in [0.05, 0.1) is 12.2 Å². The number of rotatable bonds is 3. The first-order chi connectivity index (χ1) is 8.31. The zero-order chi connectivity index (χ0) is 12.1. The zero-order valence-corrected chi connectivity index (χ0v) is 11.0. The molecule has 0 aromatic carbocycles. The normalized spacial score (nSPS) is 20.8. The van der Waals surface area contributed by atoms with E-state index in [1.807, 2.05) is 13.2 Å². The van der Waals surface area contributed by atoms with E-state index in [0.29, 0.717) is 5.92 Å². The summed E-state index contributed by atoms with van der Waals surface area (Å²) in [7, 11) is 1.93. The topological polar surface area (TPSA) is 38.1 Å². The minimum Gasteiger partial charge on any atom is -0.444 e. The van der Waals surface area contributed by atoms with E-state index >= 15 is 0 Å². The molecule has 1 aromatic heterocycles. The van der Waals surface area contributed by atoms with E-state index in [4.69, 9.17) is 4.42 Å².